The Kier molecular flexibility index (Phi) is 19.6. The van der Waals surface area contributed by atoms with E-state index in [0.717, 1.165) is 43.6 Å². The molecule has 7 rings (SSSR count). The molecule has 0 radical (unpaired) electrons. The SMILES string of the molecule is CC[C@@H]([C@H](C)OC(=O)OC(C)OC(=O)CCCCCCOS(=O)(=O)[O-])n1ncn(-c2ccc(N3CCN(c4ccc(OC[C@@H]5CO[C@@](Cn6cncn6)(c6ccc(F)cc6F)C5)cc4)CC3)cc2)c1=O.[Na+]. The third kappa shape index (κ3) is 15.1. The molecule has 24 heteroatoms. The number of ether oxygens (including phenoxy) is 5. The van der Waals surface area contributed by atoms with E-state index in [2.05, 4.69) is 29.2 Å². The Morgan fingerprint density at radius 3 is 2.17 bits per heavy atom. The minimum absolute atomic E-state index is 0. The molecule has 0 aliphatic carbocycles. The number of unbranched alkanes of at least 4 members (excludes halogenated alkanes) is 3. The monoisotopic (exact) mass is 1020 g/mol. The summed E-state index contributed by atoms with van der Waals surface area (Å²) in [4.78, 5) is 47.0. The van der Waals surface area contributed by atoms with Crippen molar-refractivity contribution >= 4 is 33.9 Å². The molecule has 5 atom stereocenters. The Bertz CT molecular complexity index is 2670. The van der Waals surface area contributed by atoms with E-state index in [4.69, 9.17) is 23.7 Å². The van der Waals surface area contributed by atoms with Gasteiger partial charge in [0.15, 0.2) is 0 Å². The average molecular weight is 1020 g/mol. The number of carbonyl (C=O) groups is 2. The van der Waals surface area contributed by atoms with Crippen molar-refractivity contribution in [1.29, 1.82) is 0 Å². The number of hydrogen-bond acceptors (Lipinski definition) is 17. The van der Waals surface area contributed by atoms with Crippen LogP contribution in [0, 0.1) is 17.6 Å². The topological polar surface area (TPSA) is 224 Å². The van der Waals surface area contributed by atoms with E-state index < -0.39 is 63.9 Å². The van der Waals surface area contributed by atoms with Crippen LogP contribution in [0.25, 0.3) is 5.69 Å². The van der Waals surface area contributed by atoms with Crippen LogP contribution in [0.3, 0.4) is 0 Å². The zero-order valence-corrected chi connectivity index (χ0v) is 43.0. The summed E-state index contributed by atoms with van der Waals surface area (Å²) in [5, 5.41) is 8.52. The van der Waals surface area contributed by atoms with Gasteiger partial charge in [0.2, 0.25) is 16.7 Å². The minimum atomic E-state index is -4.73. The molecule has 0 bridgehead atoms. The summed E-state index contributed by atoms with van der Waals surface area (Å²) in [7, 11) is -4.73. The molecular weight excluding hydrogens is 962 g/mol. The van der Waals surface area contributed by atoms with E-state index in [0.29, 0.717) is 63.2 Å². The van der Waals surface area contributed by atoms with E-state index in [9.17, 15) is 31.7 Å². The molecule has 2 aromatic heterocycles. The predicted octanol–water partition coefficient (Wildman–Crippen LogP) is 3.05. The van der Waals surface area contributed by atoms with Crippen LogP contribution in [0.4, 0.5) is 25.0 Å². The van der Waals surface area contributed by atoms with Crippen molar-refractivity contribution in [2.75, 3.05) is 55.8 Å². The summed E-state index contributed by atoms with van der Waals surface area (Å²) in [6.07, 6.45) is 3.93. The summed E-state index contributed by atoms with van der Waals surface area (Å²) in [6, 6.07) is 18.5. The maximum absolute atomic E-state index is 15.1. The van der Waals surface area contributed by atoms with Gasteiger partial charge in [-0.1, -0.05) is 25.8 Å². The third-order valence-corrected chi connectivity index (χ3v) is 12.7. The first kappa shape index (κ1) is 54.9. The fourth-order valence-corrected chi connectivity index (χ4v) is 9.10. The molecule has 2 aliphatic rings. The Balaban J connectivity index is 0.00000825. The molecule has 0 N–H and O–H groups in total. The van der Waals surface area contributed by atoms with Gasteiger partial charge >= 0.3 is 47.4 Å². The molecule has 378 valence electrons. The zero-order chi connectivity index (χ0) is 49.8. The molecule has 4 heterocycles. The Morgan fingerprint density at radius 1 is 0.873 bits per heavy atom. The van der Waals surface area contributed by atoms with E-state index in [-0.39, 0.29) is 60.6 Å². The second-order valence-corrected chi connectivity index (χ2v) is 18.3. The summed E-state index contributed by atoms with van der Waals surface area (Å²) in [5.74, 6) is -1.30. The van der Waals surface area contributed by atoms with Crippen LogP contribution in [-0.4, -0.2) is 113 Å². The van der Waals surface area contributed by atoms with Gasteiger partial charge in [-0.3, -0.25) is 8.98 Å². The van der Waals surface area contributed by atoms with Crippen LogP contribution in [0.2, 0.25) is 0 Å². The number of aromatic nitrogens is 6. The van der Waals surface area contributed by atoms with Crippen molar-refractivity contribution in [1.82, 2.24) is 29.1 Å². The van der Waals surface area contributed by atoms with Crippen LogP contribution in [-0.2, 0) is 50.5 Å². The third-order valence-electron chi connectivity index (χ3n) is 12.3. The molecule has 0 amide bonds. The van der Waals surface area contributed by atoms with Gasteiger partial charge in [0.25, 0.3) is 0 Å². The number of esters is 1. The predicted molar refractivity (Wildman–Crippen MR) is 247 cm³/mol. The number of anilines is 2. The quantitative estimate of drug-likeness (QED) is 0.0229. The van der Waals surface area contributed by atoms with Gasteiger partial charge in [-0.2, -0.15) is 10.2 Å². The number of rotatable bonds is 23. The molecule has 0 spiro atoms. The standard InChI is InChI=1S/C47H58F2N8O12S.Na/c1-4-43(33(2)67-46(60)69-34(3)68-44(58)9-7-5-6-8-24-66-70(61,62)63)57-45(59)56(32-52-57)39-13-11-37(12-14-39)53-20-22-54(23-21-53)38-15-17-40(18-16-38)64-27-35-26-47(65-28-35,29-55-31-50-30-51-55)41-19-10-36(48)25-42(41)49;/h10-19,25,30-35,43H,4-9,20-24,26-29H2,1-3H3,(H,61,62,63);/q;+1/p-1/t33-,34?,35+,43-,47-;/m0./s1. The van der Waals surface area contributed by atoms with Crippen LogP contribution >= 0.6 is 0 Å². The average Bonchev–Trinajstić information content (AvgIpc) is 4.09. The van der Waals surface area contributed by atoms with Crippen LogP contribution in [0.15, 0.2) is 90.5 Å². The maximum Gasteiger partial charge on any atom is 1.00 e. The van der Waals surface area contributed by atoms with Gasteiger partial charge in [-0.25, -0.2) is 45.7 Å². The minimum Gasteiger partial charge on any atom is -0.726 e. The number of nitrogens with zero attached hydrogens (tertiary/aromatic N) is 8. The molecule has 2 fully saturated rings. The van der Waals surface area contributed by atoms with Gasteiger partial charge < -0.3 is 38.0 Å². The van der Waals surface area contributed by atoms with Crippen molar-refractivity contribution in [2.45, 2.75) is 96.3 Å². The first-order chi connectivity index (χ1) is 33.6. The molecule has 71 heavy (non-hydrogen) atoms. The van der Waals surface area contributed by atoms with Crippen LogP contribution in [0.1, 0.15) is 77.3 Å². The van der Waals surface area contributed by atoms with Gasteiger partial charge in [0, 0.05) is 68.4 Å². The summed E-state index contributed by atoms with van der Waals surface area (Å²) < 4.78 is 96.8. The van der Waals surface area contributed by atoms with Crippen LogP contribution < -0.4 is 49.8 Å². The van der Waals surface area contributed by atoms with Gasteiger partial charge in [-0.15, -0.1) is 0 Å². The van der Waals surface area contributed by atoms with Gasteiger partial charge in [0.1, 0.15) is 48.1 Å². The molecular formula is C47H57F2N8NaO12S. The van der Waals surface area contributed by atoms with Crippen LogP contribution in [0.5, 0.6) is 5.75 Å². The molecule has 1 unspecified atom stereocenters. The normalized spacial score (nSPS) is 18.3. The number of piperazine rings is 1. The first-order valence-corrected chi connectivity index (χ1v) is 24.5. The van der Waals surface area contributed by atoms with Crippen molar-refractivity contribution < 1.29 is 88.8 Å². The number of benzene rings is 3. The largest absolute Gasteiger partial charge is 1.00 e. The number of hydrogen-bond donors (Lipinski definition) is 0. The summed E-state index contributed by atoms with van der Waals surface area (Å²) in [5.41, 5.74) is 1.46. The van der Waals surface area contributed by atoms with Crippen molar-refractivity contribution in [3.8, 4) is 11.4 Å². The van der Waals surface area contributed by atoms with Crippen molar-refractivity contribution in [3.05, 3.63) is 113 Å². The van der Waals surface area contributed by atoms with E-state index in [1.807, 2.05) is 55.5 Å². The zero-order valence-electron chi connectivity index (χ0n) is 40.1. The fourth-order valence-electron chi connectivity index (χ4n) is 8.77. The Hall–Kier alpha value is -5.43. The van der Waals surface area contributed by atoms with Crippen molar-refractivity contribution in [2.24, 2.45) is 5.92 Å². The molecule has 3 aromatic carbocycles. The van der Waals surface area contributed by atoms with E-state index >= 15 is 4.39 Å². The second-order valence-electron chi connectivity index (χ2n) is 17.2. The number of halogens is 2. The maximum atomic E-state index is 15.1. The second kappa shape index (κ2) is 25.3. The van der Waals surface area contributed by atoms with Crippen molar-refractivity contribution in [3.63, 3.8) is 0 Å². The van der Waals surface area contributed by atoms with E-state index in [1.54, 1.807) is 11.6 Å². The molecule has 2 aliphatic heterocycles. The van der Waals surface area contributed by atoms with E-state index in [1.165, 1.54) is 47.3 Å². The summed E-state index contributed by atoms with van der Waals surface area (Å²) in [6.45, 7) is 8.57. The fraction of sp³-hybridized carbons (Fsp3) is 0.489. The molecule has 2 saturated heterocycles. The van der Waals surface area contributed by atoms with Gasteiger partial charge in [-0.05, 0) is 87.2 Å². The first-order valence-electron chi connectivity index (χ1n) is 23.2. The summed E-state index contributed by atoms with van der Waals surface area (Å²) >= 11 is 0. The van der Waals surface area contributed by atoms with Gasteiger partial charge in [0.05, 0.1) is 38.1 Å². The molecule has 20 nitrogen and oxygen atoms in total. The number of carbonyl (C=O) groups excluding carboxylic acids is 2. The Morgan fingerprint density at radius 2 is 1.54 bits per heavy atom. The molecule has 0 saturated carbocycles. The Labute approximate surface area is 432 Å². The smallest absolute Gasteiger partial charge is 0.726 e. The molecule has 5 aromatic rings.